The van der Waals surface area contributed by atoms with E-state index in [1.165, 1.54) is 17.2 Å². The Morgan fingerprint density at radius 1 is 0.974 bits per heavy atom. The minimum absolute atomic E-state index is 0.0376. The van der Waals surface area contributed by atoms with Gasteiger partial charge in [-0.05, 0) is 94.0 Å². The molecule has 1 aliphatic rings. The maximum absolute atomic E-state index is 12.8. The number of rotatable bonds is 13. The van der Waals surface area contributed by atoms with Crippen LogP contribution >= 0.6 is 0 Å². The first-order valence-corrected chi connectivity index (χ1v) is 13.6. The molecule has 0 bridgehead atoms. The fraction of sp³-hybridized carbons (Fsp3) is 0.484. The zero-order valence-electron chi connectivity index (χ0n) is 22.9. The van der Waals surface area contributed by atoms with Crippen LogP contribution in [0, 0.1) is 0 Å². The summed E-state index contributed by atoms with van der Waals surface area (Å²) in [6, 6.07) is 16.0. The van der Waals surface area contributed by atoms with E-state index in [1.54, 1.807) is 11.6 Å². The van der Waals surface area contributed by atoms with Gasteiger partial charge in [-0.3, -0.25) is 20.1 Å². The summed E-state index contributed by atoms with van der Waals surface area (Å²) >= 11 is 0. The van der Waals surface area contributed by atoms with Gasteiger partial charge in [0.15, 0.2) is 0 Å². The molecule has 2 aromatic carbocycles. The highest BCUT2D eigenvalue weighted by molar-refractivity contribution is 5.90. The molecule has 7 nitrogen and oxygen atoms in total. The van der Waals surface area contributed by atoms with Gasteiger partial charge in [0.1, 0.15) is 12.1 Å². The summed E-state index contributed by atoms with van der Waals surface area (Å²) in [7, 11) is 0. The van der Waals surface area contributed by atoms with Crippen molar-refractivity contribution < 1.29 is 24.3 Å². The van der Waals surface area contributed by atoms with Gasteiger partial charge in [-0.25, -0.2) is 5.48 Å². The first-order valence-electron chi connectivity index (χ1n) is 13.6. The van der Waals surface area contributed by atoms with Crippen LogP contribution in [-0.2, 0) is 38.4 Å². The Morgan fingerprint density at radius 3 is 2.13 bits per heavy atom. The molecule has 0 heterocycles. The molecule has 206 valence electrons. The van der Waals surface area contributed by atoms with Crippen molar-refractivity contribution >= 4 is 18.0 Å². The van der Waals surface area contributed by atoms with Gasteiger partial charge < -0.3 is 9.47 Å². The van der Waals surface area contributed by atoms with Crippen LogP contribution in [0.3, 0.4) is 0 Å². The lowest BCUT2D eigenvalue weighted by Crippen LogP contribution is -2.44. The van der Waals surface area contributed by atoms with Crippen LogP contribution in [0.25, 0.3) is 6.08 Å². The largest absolute Gasteiger partial charge is 0.461 e. The number of ether oxygens (including phenoxy) is 2. The Bertz CT molecular complexity index is 1040. The van der Waals surface area contributed by atoms with Crippen LogP contribution in [-0.4, -0.2) is 41.4 Å². The standard InChI is InChI=1S/C31H42N2O5/c1-31(2,3)37-22-28(30(35)38-27-9-4-5-10-27)32-21-26-17-15-24(16-18-26)8-6-7-23-11-13-25(14-12-23)19-20-29(34)33-36/h11-20,27-28,32,36H,4-10,21-22H2,1-3H3,(H,33,34)/b20-19+/t28-/m0/s1. The van der Waals surface area contributed by atoms with Gasteiger partial charge >= 0.3 is 5.97 Å². The normalized spacial score (nSPS) is 15.1. The number of esters is 1. The third-order valence-corrected chi connectivity index (χ3v) is 6.58. The SMILES string of the molecule is CC(C)(C)OC[C@H](NCc1ccc(CCCc2ccc(/C=C/C(=O)NO)cc2)cc1)C(=O)OC1CCCC1. The van der Waals surface area contributed by atoms with Crippen molar-refractivity contribution in [1.82, 2.24) is 10.8 Å². The molecule has 3 rings (SSSR count). The first-order chi connectivity index (χ1) is 18.2. The molecule has 1 saturated carbocycles. The summed E-state index contributed by atoms with van der Waals surface area (Å²) in [4.78, 5) is 23.9. The Balaban J connectivity index is 1.45. The van der Waals surface area contributed by atoms with E-state index in [0.717, 1.165) is 56.1 Å². The first kappa shape index (κ1) is 29.6. The fourth-order valence-corrected chi connectivity index (χ4v) is 4.36. The molecule has 0 unspecified atom stereocenters. The Morgan fingerprint density at radius 2 is 1.55 bits per heavy atom. The predicted octanol–water partition coefficient (Wildman–Crippen LogP) is 5.14. The smallest absolute Gasteiger partial charge is 0.325 e. The zero-order valence-corrected chi connectivity index (χ0v) is 22.9. The van der Waals surface area contributed by atoms with Gasteiger partial charge in [0.05, 0.1) is 12.2 Å². The van der Waals surface area contributed by atoms with Crippen LogP contribution < -0.4 is 10.8 Å². The number of hydroxylamine groups is 1. The molecule has 2 aromatic rings. The molecule has 0 saturated heterocycles. The Kier molecular flexibility index (Phi) is 11.5. The van der Waals surface area contributed by atoms with Crippen LogP contribution in [0.15, 0.2) is 54.6 Å². The van der Waals surface area contributed by atoms with Crippen LogP contribution in [0.4, 0.5) is 0 Å². The summed E-state index contributed by atoms with van der Waals surface area (Å²) in [6.45, 7) is 6.81. The van der Waals surface area contributed by atoms with Crippen LogP contribution in [0.5, 0.6) is 0 Å². The molecule has 0 aromatic heterocycles. The molecule has 38 heavy (non-hydrogen) atoms. The maximum atomic E-state index is 12.8. The predicted molar refractivity (Wildman–Crippen MR) is 149 cm³/mol. The lowest BCUT2D eigenvalue weighted by molar-refractivity contribution is -0.154. The molecular weight excluding hydrogens is 480 g/mol. The highest BCUT2D eigenvalue weighted by atomic mass is 16.6. The van der Waals surface area contributed by atoms with Gasteiger partial charge in [-0.15, -0.1) is 0 Å². The van der Waals surface area contributed by atoms with Crippen LogP contribution in [0.1, 0.15) is 75.1 Å². The number of hydrogen-bond acceptors (Lipinski definition) is 6. The van der Waals surface area contributed by atoms with Crippen molar-refractivity contribution in [3.8, 4) is 0 Å². The molecule has 0 spiro atoms. The molecule has 0 aliphatic heterocycles. The molecule has 3 N–H and O–H groups in total. The molecule has 1 amide bonds. The minimum atomic E-state index is -0.549. The second-order valence-electron chi connectivity index (χ2n) is 10.9. The zero-order chi connectivity index (χ0) is 27.4. The van der Waals surface area contributed by atoms with E-state index in [4.69, 9.17) is 14.7 Å². The van der Waals surface area contributed by atoms with E-state index in [1.807, 2.05) is 32.9 Å². The third kappa shape index (κ3) is 10.8. The Hall–Kier alpha value is -3.00. The van der Waals surface area contributed by atoms with E-state index >= 15 is 0 Å². The van der Waals surface area contributed by atoms with Gasteiger partial charge in [-0.2, -0.15) is 0 Å². The van der Waals surface area contributed by atoms with Crippen LogP contribution in [0.2, 0.25) is 0 Å². The van der Waals surface area contributed by atoms with E-state index in [0.29, 0.717) is 6.54 Å². The topological polar surface area (TPSA) is 96.9 Å². The number of carbonyl (C=O) groups excluding carboxylic acids is 2. The Labute approximate surface area is 226 Å². The number of benzene rings is 2. The number of hydrogen-bond donors (Lipinski definition) is 3. The average Bonchev–Trinajstić information content (AvgIpc) is 3.41. The summed E-state index contributed by atoms with van der Waals surface area (Å²) in [5, 5.41) is 11.9. The van der Waals surface area contributed by atoms with Crippen molar-refractivity contribution in [3.63, 3.8) is 0 Å². The van der Waals surface area contributed by atoms with Gasteiger partial charge in [0.25, 0.3) is 5.91 Å². The van der Waals surface area contributed by atoms with Crippen molar-refractivity contribution in [1.29, 1.82) is 0 Å². The number of amides is 1. The van der Waals surface area contributed by atoms with E-state index in [-0.39, 0.29) is 24.3 Å². The quantitative estimate of drug-likeness (QED) is 0.146. The van der Waals surface area contributed by atoms with Gasteiger partial charge in [0, 0.05) is 12.6 Å². The van der Waals surface area contributed by atoms with E-state index in [2.05, 4.69) is 41.7 Å². The van der Waals surface area contributed by atoms with Crippen molar-refractivity contribution in [2.45, 2.75) is 90.0 Å². The average molecular weight is 523 g/mol. The second kappa shape index (κ2) is 14.8. The molecular formula is C31H42N2O5. The molecule has 1 aliphatic carbocycles. The second-order valence-corrected chi connectivity index (χ2v) is 10.9. The molecule has 7 heteroatoms. The van der Waals surface area contributed by atoms with E-state index in [9.17, 15) is 9.59 Å². The van der Waals surface area contributed by atoms with Gasteiger partial charge in [-0.1, -0.05) is 48.5 Å². The number of aryl methyl sites for hydroxylation is 2. The minimum Gasteiger partial charge on any atom is -0.461 e. The van der Waals surface area contributed by atoms with Crippen molar-refractivity contribution in [2.75, 3.05) is 6.61 Å². The molecule has 1 atom stereocenters. The highest BCUT2D eigenvalue weighted by Gasteiger charge is 2.27. The van der Waals surface area contributed by atoms with Crippen molar-refractivity contribution in [3.05, 3.63) is 76.9 Å². The highest BCUT2D eigenvalue weighted by Crippen LogP contribution is 2.22. The molecule has 0 radical (unpaired) electrons. The monoisotopic (exact) mass is 522 g/mol. The maximum Gasteiger partial charge on any atom is 0.325 e. The summed E-state index contributed by atoms with van der Waals surface area (Å²) in [5.74, 6) is -0.774. The number of carbonyl (C=O) groups is 2. The summed E-state index contributed by atoms with van der Waals surface area (Å²) in [6.07, 6.45) is 10.1. The molecule has 1 fully saturated rings. The lowest BCUT2D eigenvalue weighted by Gasteiger charge is -2.25. The summed E-state index contributed by atoms with van der Waals surface area (Å²) in [5.41, 5.74) is 5.78. The van der Waals surface area contributed by atoms with E-state index < -0.39 is 11.9 Å². The fourth-order valence-electron chi connectivity index (χ4n) is 4.36. The van der Waals surface area contributed by atoms with Crippen molar-refractivity contribution in [2.24, 2.45) is 0 Å². The lowest BCUT2D eigenvalue weighted by atomic mass is 10.0. The number of nitrogens with one attached hydrogen (secondary N) is 2. The third-order valence-electron chi connectivity index (χ3n) is 6.58. The summed E-state index contributed by atoms with van der Waals surface area (Å²) < 4.78 is 11.7. The van der Waals surface area contributed by atoms with Gasteiger partial charge in [0.2, 0.25) is 0 Å².